The molecule has 2 fully saturated rings. The highest BCUT2D eigenvalue weighted by Crippen LogP contribution is 2.36. The summed E-state index contributed by atoms with van der Waals surface area (Å²) in [5.74, 6) is 1.10. The quantitative estimate of drug-likeness (QED) is 0.344. The highest BCUT2D eigenvalue weighted by atomic mass is 127. The standard InChI is InChI=1S/C17H34N4O2S.HI/c1-4-13-24(22,23)21-11-7-15(8-12-21)20-16(18-3)19-14-17(2)9-5-6-10-17;/h15H,4-14H2,1-3H3,(H2,18,19,20);1H. The summed E-state index contributed by atoms with van der Waals surface area (Å²) < 4.78 is 25.9. The molecule has 6 nitrogen and oxygen atoms in total. The van der Waals surface area contributed by atoms with Crippen molar-refractivity contribution in [1.29, 1.82) is 0 Å². The van der Waals surface area contributed by atoms with Gasteiger partial charge in [-0.3, -0.25) is 4.99 Å². The van der Waals surface area contributed by atoms with Gasteiger partial charge in [0, 0.05) is 32.7 Å². The van der Waals surface area contributed by atoms with Crippen molar-refractivity contribution < 1.29 is 8.42 Å². The first kappa shape index (κ1) is 23.0. The van der Waals surface area contributed by atoms with Crippen LogP contribution in [0.15, 0.2) is 4.99 Å². The van der Waals surface area contributed by atoms with Crippen molar-refractivity contribution in [1.82, 2.24) is 14.9 Å². The number of nitrogens with zero attached hydrogens (tertiary/aromatic N) is 2. The Morgan fingerprint density at radius 1 is 1.24 bits per heavy atom. The van der Waals surface area contributed by atoms with Crippen molar-refractivity contribution in [3.63, 3.8) is 0 Å². The van der Waals surface area contributed by atoms with E-state index in [1.807, 2.05) is 6.92 Å². The van der Waals surface area contributed by atoms with Gasteiger partial charge in [-0.1, -0.05) is 26.7 Å². The molecule has 0 spiro atoms. The minimum Gasteiger partial charge on any atom is -0.356 e. The smallest absolute Gasteiger partial charge is 0.214 e. The molecule has 2 rings (SSSR count). The lowest BCUT2D eigenvalue weighted by Gasteiger charge is -2.33. The molecule has 8 heteroatoms. The molecule has 2 aliphatic rings. The van der Waals surface area contributed by atoms with E-state index in [0.717, 1.165) is 25.3 Å². The average molecular weight is 486 g/mol. The van der Waals surface area contributed by atoms with Crippen molar-refractivity contribution in [2.45, 2.75) is 64.8 Å². The van der Waals surface area contributed by atoms with Gasteiger partial charge in [0.2, 0.25) is 10.0 Å². The van der Waals surface area contributed by atoms with Crippen LogP contribution in [-0.2, 0) is 10.0 Å². The summed E-state index contributed by atoms with van der Waals surface area (Å²) in [5.41, 5.74) is 0.384. The number of piperidine rings is 1. The molecule has 0 unspecified atom stereocenters. The summed E-state index contributed by atoms with van der Waals surface area (Å²) in [6.45, 7) is 6.42. The molecule has 0 amide bonds. The number of sulfonamides is 1. The second-order valence-electron chi connectivity index (χ2n) is 7.58. The number of aliphatic imine (C=N–C) groups is 1. The van der Waals surface area contributed by atoms with Gasteiger partial charge in [-0.15, -0.1) is 24.0 Å². The van der Waals surface area contributed by atoms with E-state index in [1.165, 1.54) is 25.7 Å². The summed E-state index contributed by atoms with van der Waals surface area (Å²) in [7, 11) is -1.26. The molecule has 0 bridgehead atoms. The highest BCUT2D eigenvalue weighted by Gasteiger charge is 2.30. The van der Waals surface area contributed by atoms with Crippen molar-refractivity contribution >= 4 is 40.0 Å². The summed E-state index contributed by atoms with van der Waals surface area (Å²) in [5, 5.41) is 6.94. The summed E-state index contributed by atoms with van der Waals surface area (Å²) >= 11 is 0. The summed E-state index contributed by atoms with van der Waals surface area (Å²) in [6.07, 6.45) is 7.57. The third-order valence-electron chi connectivity index (χ3n) is 5.37. The minimum absolute atomic E-state index is 0. The van der Waals surface area contributed by atoms with Crippen molar-refractivity contribution in [2.24, 2.45) is 10.4 Å². The first-order valence-electron chi connectivity index (χ1n) is 9.33. The van der Waals surface area contributed by atoms with Gasteiger partial charge in [-0.2, -0.15) is 0 Å². The molecule has 0 aromatic carbocycles. The predicted octanol–water partition coefficient (Wildman–Crippen LogP) is 2.55. The van der Waals surface area contributed by atoms with Crippen LogP contribution in [0.2, 0.25) is 0 Å². The zero-order valence-corrected chi connectivity index (χ0v) is 19.0. The third kappa shape index (κ3) is 6.86. The Labute approximate surface area is 170 Å². The maximum absolute atomic E-state index is 12.1. The Balaban J connectivity index is 0.00000312. The van der Waals surface area contributed by atoms with E-state index in [-0.39, 0.29) is 29.7 Å². The van der Waals surface area contributed by atoms with Gasteiger partial charge in [0.1, 0.15) is 0 Å². The number of hydrogen-bond donors (Lipinski definition) is 2. The first-order chi connectivity index (χ1) is 11.4. The zero-order valence-electron chi connectivity index (χ0n) is 15.9. The van der Waals surface area contributed by atoms with Gasteiger partial charge in [0.05, 0.1) is 5.75 Å². The molecule has 0 aromatic rings. The Morgan fingerprint density at radius 3 is 2.36 bits per heavy atom. The van der Waals surface area contributed by atoms with Gasteiger partial charge in [0.25, 0.3) is 0 Å². The van der Waals surface area contributed by atoms with Crippen LogP contribution in [0.4, 0.5) is 0 Å². The number of nitrogens with one attached hydrogen (secondary N) is 2. The molecular formula is C17H35IN4O2S. The molecule has 1 saturated carbocycles. The Hall–Kier alpha value is -0.0900. The SMILES string of the molecule is CCCS(=O)(=O)N1CCC(NC(=NC)NCC2(C)CCCC2)CC1.I. The fourth-order valence-corrected chi connectivity index (χ4v) is 5.30. The average Bonchev–Trinajstić information content (AvgIpc) is 2.99. The highest BCUT2D eigenvalue weighted by molar-refractivity contribution is 14.0. The number of hydrogen-bond acceptors (Lipinski definition) is 3. The molecule has 25 heavy (non-hydrogen) atoms. The van der Waals surface area contributed by atoms with Crippen molar-refractivity contribution in [3.05, 3.63) is 0 Å². The van der Waals surface area contributed by atoms with Crippen LogP contribution < -0.4 is 10.6 Å². The molecule has 1 aliphatic heterocycles. The maximum atomic E-state index is 12.1. The van der Waals surface area contributed by atoms with E-state index in [9.17, 15) is 8.42 Å². The second kappa shape index (κ2) is 10.3. The molecule has 1 aliphatic carbocycles. The van der Waals surface area contributed by atoms with Gasteiger partial charge < -0.3 is 10.6 Å². The summed E-state index contributed by atoms with van der Waals surface area (Å²) in [4.78, 5) is 4.33. The van der Waals surface area contributed by atoms with Crippen LogP contribution in [-0.4, -0.2) is 57.2 Å². The molecule has 148 valence electrons. The zero-order chi connectivity index (χ0) is 17.6. The molecule has 0 radical (unpaired) electrons. The molecular weight excluding hydrogens is 451 g/mol. The van der Waals surface area contributed by atoms with Crippen LogP contribution in [0.1, 0.15) is 58.8 Å². The molecule has 0 aromatic heterocycles. The number of guanidine groups is 1. The predicted molar refractivity (Wildman–Crippen MR) is 115 cm³/mol. The number of halogens is 1. The Kier molecular flexibility index (Phi) is 9.45. The van der Waals surface area contributed by atoms with E-state index in [0.29, 0.717) is 31.0 Å². The van der Waals surface area contributed by atoms with Crippen molar-refractivity contribution in [3.8, 4) is 0 Å². The first-order valence-corrected chi connectivity index (χ1v) is 10.9. The van der Waals surface area contributed by atoms with Crippen LogP contribution >= 0.6 is 24.0 Å². The summed E-state index contributed by atoms with van der Waals surface area (Å²) in [6, 6.07) is 0.292. The van der Waals surface area contributed by atoms with Gasteiger partial charge >= 0.3 is 0 Å². The van der Waals surface area contributed by atoms with Crippen LogP contribution in [0.5, 0.6) is 0 Å². The lowest BCUT2D eigenvalue weighted by Crippen LogP contribution is -2.51. The van der Waals surface area contributed by atoms with E-state index in [2.05, 4.69) is 22.5 Å². The normalized spacial score (nSPS) is 22.4. The lowest BCUT2D eigenvalue weighted by atomic mass is 9.89. The lowest BCUT2D eigenvalue weighted by molar-refractivity contribution is 0.302. The van der Waals surface area contributed by atoms with Gasteiger partial charge in [-0.05, 0) is 37.5 Å². The van der Waals surface area contributed by atoms with E-state index >= 15 is 0 Å². The topological polar surface area (TPSA) is 73.8 Å². The van der Waals surface area contributed by atoms with Crippen LogP contribution in [0.25, 0.3) is 0 Å². The van der Waals surface area contributed by atoms with Gasteiger partial charge in [0.15, 0.2) is 5.96 Å². The van der Waals surface area contributed by atoms with E-state index < -0.39 is 10.0 Å². The third-order valence-corrected chi connectivity index (χ3v) is 7.44. The van der Waals surface area contributed by atoms with Gasteiger partial charge in [-0.25, -0.2) is 12.7 Å². The van der Waals surface area contributed by atoms with E-state index in [1.54, 1.807) is 11.4 Å². The van der Waals surface area contributed by atoms with E-state index in [4.69, 9.17) is 0 Å². The fraction of sp³-hybridized carbons (Fsp3) is 0.941. The molecule has 1 heterocycles. The Bertz CT molecular complexity index is 525. The minimum atomic E-state index is -3.06. The largest absolute Gasteiger partial charge is 0.356 e. The van der Waals surface area contributed by atoms with Crippen molar-refractivity contribution in [2.75, 3.05) is 32.4 Å². The van der Waals surface area contributed by atoms with Crippen LogP contribution in [0.3, 0.4) is 0 Å². The Morgan fingerprint density at radius 2 is 1.84 bits per heavy atom. The van der Waals surface area contributed by atoms with Crippen LogP contribution in [0, 0.1) is 5.41 Å². The molecule has 0 atom stereocenters. The maximum Gasteiger partial charge on any atom is 0.214 e. The number of rotatable bonds is 6. The second-order valence-corrected chi connectivity index (χ2v) is 9.67. The molecule has 2 N–H and O–H groups in total. The monoisotopic (exact) mass is 486 g/mol. The molecule has 1 saturated heterocycles. The fourth-order valence-electron chi connectivity index (χ4n) is 3.76.